The number of piperidine rings is 1. The van der Waals surface area contributed by atoms with Crippen molar-refractivity contribution >= 4 is 5.91 Å². The van der Waals surface area contributed by atoms with E-state index in [1.807, 2.05) is 0 Å². The molecule has 5 heteroatoms. The molecule has 3 fully saturated rings. The first kappa shape index (κ1) is 18.7. The monoisotopic (exact) mass is 374 g/mol. The van der Waals surface area contributed by atoms with Crippen LogP contribution in [0.5, 0.6) is 5.75 Å². The quantitative estimate of drug-likeness (QED) is 0.824. The normalized spacial score (nSPS) is 29.4. The summed E-state index contributed by atoms with van der Waals surface area (Å²) in [4.78, 5) is 14.8. The van der Waals surface area contributed by atoms with E-state index in [2.05, 4.69) is 10.2 Å². The van der Waals surface area contributed by atoms with Crippen LogP contribution in [0.25, 0.3) is 0 Å². The van der Waals surface area contributed by atoms with Gasteiger partial charge in [0.15, 0.2) is 0 Å². The smallest absolute Gasteiger partial charge is 0.223 e. The fourth-order valence-electron chi connectivity index (χ4n) is 5.14. The number of carbonyl (C=O) groups is 1. The second kappa shape index (κ2) is 8.59. The fourth-order valence-corrected chi connectivity index (χ4v) is 5.14. The third kappa shape index (κ3) is 4.63. The molecule has 2 saturated heterocycles. The second-order valence-corrected chi connectivity index (χ2v) is 8.42. The molecule has 1 unspecified atom stereocenters. The van der Waals surface area contributed by atoms with Crippen molar-refractivity contribution in [2.75, 3.05) is 19.6 Å². The molecular formula is C22H31FN2O2. The van der Waals surface area contributed by atoms with E-state index < -0.39 is 0 Å². The van der Waals surface area contributed by atoms with E-state index in [1.54, 1.807) is 12.1 Å². The number of fused-ring (bicyclic) bond motifs is 1. The highest BCUT2D eigenvalue weighted by molar-refractivity contribution is 5.81. The van der Waals surface area contributed by atoms with Crippen molar-refractivity contribution in [1.29, 1.82) is 0 Å². The van der Waals surface area contributed by atoms with Gasteiger partial charge in [-0.2, -0.15) is 0 Å². The van der Waals surface area contributed by atoms with E-state index in [4.69, 9.17) is 4.74 Å². The zero-order valence-corrected chi connectivity index (χ0v) is 16.0. The van der Waals surface area contributed by atoms with Crippen LogP contribution in [0.3, 0.4) is 0 Å². The molecule has 148 valence electrons. The Balaban J connectivity index is 1.16. The Morgan fingerprint density at radius 3 is 2.59 bits per heavy atom. The van der Waals surface area contributed by atoms with Crippen LogP contribution in [0.1, 0.15) is 51.4 Å². The van der Waals surface area contributed by atoms with E-state index in [-0.39, 0.29) is 17.8 Å². The summed E-state index contributed by atoms with van der Waals surface area (Å²) in [5.74, 6) is 1.66. The average Bonchev–Trinajstić information content (AvgIpc) is 3.00. The van der Waals surface area contributed by atoms with Crippen molar-refractivity contribution in [3.05, 3.63) is 30.1 Å². The van der Waals surface area contributed by atoms with E-state index >= 15 is 0 Å². The lowest BCUT2D eigenvalue weighted by atomic mass is 9.78. The molecule has 0 aromatic heterocycles. The Morgan fingerprint density at radius 1 is 1.07 bits per heavy atom. The number of amides is 1. The van der Waals surface area contributed by atoms with E-state index in [1.165, 1.54) is 37.8 Å². The van der Waals surface area contributed by atoms with E-state index in [0.717, 1.165) is 51.1 Å². The summed E-state index contributed by atoms with van der Waals surface area (Å²) in [6.45, 7) is 3.15. The first-order chi connectivity index (χ1) is 13.2. The maximum atomic E-state index is 13.0. The van der Waals surface area contributed by atoms with Crippen LogP contribution in [0.2, 0.25) is 0 Å². The van der Waals surface area contributed by atoms with Gasteiger partial charge in [-0.3, -0.25) is 4.79 Å². The van der Waals surface area contributed by atoms with Crippen LogP contribution < -0.4 is 10.1 Å². The summed E-state index contributed by atoms with van der Waals surface area (Å²) in [5.41, 5.74) is 0. The number of halogens is 1. The minimum atomic E-state index is -0.229. The summed E-state index contributed by atoms with van der Waals surface area (Å²) < 4.78 is 18.9. The van der Waals surface area contributed by atoms with Gasteiger partial charge in [0.1, 0.15) is 17.7 Å². The highest BCUT2D eigenvalue weighted by Crippen LogP contribution is 2.37. The highest BCUT2D eigenvalue weighted by Gasteiger charge is 2.42. The minimum Gasteiger partial charge on any atom is -0.490 e. The fraction of sp³-hybridized carbons (Fsp3) is 0.682. The maximum Gasteiger partial charge on any atom is 0.223 e. The van der Waals surface area contributed by atoms with Gasteiger partial charge in [-0.1, -0.05) is 12.8 Å². The maximum absolute atomic E-state index is 13.0. The summed E-state index contributed by atoms with van der Waals surface area (Å²) in [5, 5.41) is 3.23. The Bertz CT molecular complexity index is 628. The lowest BCUT2D eigenvalue weighted by Gasteiger charge is -2.32. The zero-order valence-electron chi connectivity index (χ0n) is 16.0. The van der Waals surface area contributed by atoms with E-state index in [9.17, 15) is 9.18 Å². The van der Waals surface area contributed by atoms with Crippen LogP contribution in [-0.4, -0.2) is 42.6 Å². The molecule has 0 radical (unpaired) electrons. The van der Waals surface area contributed by atoms with Crippen molar-refractivity contribution in [2.24, 2.45) is 11.8 Å². The Labute approximate surface area is 161 Å². The summed E-state index contributed by atoms with van der Waals surface area (Å²) in [7, 11) is 0. The van der Waals surface area contributed by atoms with Gasteiger partial charge in [-0.25, -0.2) is 4.39 Å². The molecule has 1 aromatic carbocycles. The number of hydrogen-bond donors (Lipinski definition) is 1. The largest absolute Gasteiger partial charge is 0.490 e. The zero-order chi connectivity index (χ0) is 18.6. The molecule has 1 aromatic rings. The summed E-state index contributed by atoms with van der Waals surface area (Å²) in [6.07, 6.45) is 9.31. The predicted octanol–water partition coefficient (Wildman–Crippen LogP) is 3.75. The van der Waals surface area contributed by atoms with Gasteiger partial charge in [-0.15, -0.1) is 0 Å². The van der Waals surface area contributed by atoms with Crippen LogP contribution in [0.4, 0.5) is 4.39 Å². The van der Waals surface area contributed by atoms with Gasteiger partial charge in [0.2, 0.25) is 5.91 Å². The number of nitrogens with zero attached hydrogens (tertiary/aromatic N) is 1. The van der Waals surface area contributed by atoms with Crippen molar-refractivity contribution in [1.82, 2.24) is 10.2 Å². The number of carbonyl (C=O) groups excluding carboxylic acids is 1. The number of benzene rings is 1. The standard InChI is InChI=1S/C22H31FN2O2/c23-16-7-9-17(10-8-16)27-18-11-14-25(15-12-18)13-3-5-20-19-4-1-2-6-21(19)24-22(20)26/h7-10,18-21H,1-6,11-15H2,(H,24,26)/t19-,20?,21+/m0/s1. The van der Waals surface area contributed by atoms with Gasteiger partial charge in [0.05, 0.1) is 0 Å². The first-order valence-corrected chi connectivity index (χ1v) is 10.6. The molecule has 0 bridgehead atoms. The van der Waals surface area contributed by atoms with Crippen molar-refractivity contribution in [2.45, 2.75) is 63.5 Å². The molecule has 3 aliphatic rings. The summed E-state index contributed by atoms with van der Waals surface area (Å²) in [6, 6.07) is 6.75. The predicted molar refractivity (Wildman–Crippen MR) is 103 cm³/mol. The van der Waals surface area contributed by atoms with Gasteiger partial charge >= 0.3 is 0 Å². The third-order valence-corrected chi connectivity index (χ3v) is 6.64. The molecule has 0 spiro atoms. The molecule has 4 nitrogen and oxygen atoms in total. The lowest BCUT2D eigenvalue weighted by molar-refractivity contribution is -0.123. The molecule has 1 N–H and O–H groups in total. The van der Waals surface area contributed by atoms with Crippen LogP contribution in [0.15, 0.2) is 24.3 Å². The van der Waals surface area contributed by atoms with Gasteiger partial charge in [0, 0.05) is 25.0 Å². The summed E-state index contributed by atoms with van der Waals surface area (Å²) >= 11 is 0. The van der Waals surface area contributed by atoms with Gasteiger partial charge < -0.3 is 15.0 Å². The van der Waals surface area contributed by atoms with Crippen molar-refractivity contribution in [3.8, 4) is 5.75 Å². The molecule has 27 heavy (non-hydrogen) atoms. The molecule has 4 rings (SSSR count). The number of hydrogen-bond acceptors (Lipinski definition) is 3. The number of ether oxygens (including phenoxy) is 1. The Kier molecular flexibility index (Phi) is 5.96. The highest BCUT2D eigenvalue weighted by atomic mass is 19.1. The number of nitrogens with one attached hydrogen (secondary N) is 1. The molecule has 3 atom stereocenters. The number of rotatable bonds is 6. The number of likely N-dealkylation sites (tertiary alicyclic amines) is 1. The Morgan fingerprint density at radius 2 is 1.81 bits per heavy atom. The van der Waals surface area contributed by atoms with E-state index in [0.29, 0.717) is 17.9 Å². The van der Waals surface area contributed by atoms with Crippen LogP contribution in [0, 0.1) is 17.7 Å². The van der Waals surface area contributed by atoms with Crippen LogP contribution in [-0.2, 0) is 4.79 Å². The molecule has 1 amide bonds. The molecular weight excluding hydrogens is 343 g/mol. The first-order valence-electron chi connectivity index (χ1n) is 10.6. The molecule has 2 heterocycles. The lowest BCUT2D eigenvalue weighted by Crippen LogP contribution is -2.39. The minimum absolute atomic E-state index is 0.218. The Hall–Kier alpha value is -1.62. The van der Waals surface area contributed by atoms with Crippen molar-refractivity contribution in [3.63, 3.8) is 0 Å². The van der Waals surface area contributed by atoms with Gasteiger partial charge in [-0.05, 0) is 75.3 Å². The van der Waals surface area contributed by atoms with Crippen LogP contribution >= 0.6 is 0 Å². The topological polar surface area (TPSA) is 41.6 Å². The van der Waals surface area contributed by atoms with Gasteiger partial charge in [0.25, 0.3) is 0 Å². The van der Waals surface area contributed by atoms with Crippen molar-refractivity contribution < 1.29 is 13.9 Å². The average molecular weight is 375 g/mol. The molecule has 1 aliphatic carbocycles. The third-order valence-electron chi connectivity index (χ3n) is 6.64. The molecule has 1 saturated carbocycles. The second-order valence-electron chi connectivity index (χ2n) is 8.42. The molecule has 2 aliphatic heterocycles. The SMILES string of the molecule is O=C1N[C@@H]2CCCC[C@H]2C1CCCN1CCC(Oc2ccc(F)cc2)CC1.